The lowest BCUT2D eigenvalue weighted by atomic mass is 10.1. The molecule has 0 atom stereocenters. The summed E-state index contributed by atoms with van der Waals surface area (Å²) in [5, 5.41) is 8.13. The van der Waals surface area contributed by atoms with Crippen LogP contribution in [0.1, 0.15) is 27.4 Å². The van der Waals surface area contributed by atoms with Crippen LogP contribution in [0.15, 0.2) is 12.3 Å². The van der Waals surface area contributed by atoms with Gasteiger partial charge >= 0.3 is 0 Å². The van der Waals surface area contributed by atoms with E-state index < -0.39 is 6.43 Å². The molecular weight excluding hydrogens is 346 g/mol. The van der Waals surface area contributed by atoms with Gasteiger partial charge in [-0.25, -0.2) is 8.78 Å². The molecule has 0 spiro atoms. The van der Waals surface area contributed by atoms with Gasteiger partial charge in [-0.15, -0.1) is 16.4 Å². The normalized spacial score (nSPS) is 17.4. The van der Waals surface area contributed by atoms with Crippen LogP contribution in [-0.4, -0.2) is 52.6 Å². The summed E-state index contributed by atoms with van der Waals surface area (Å²) >= 11 is 1.54. The Hall–Kier alpha value is -1.38. The molecule has 0 N–H and O–H groups in total. The number of ether oxygens (including phenoxy) is 1. The Labute approximate surface area is 150 Å². The summed E-state index contributed by atoms with van der Waals surface area (Å²) in [4.78, 5) is 4.34. The molecule has 1 aliphatic heterocycles. The first-order valence-corrected chi connectivity index (χ1v) is 9.45. The van der Waals surface area contributed by atoms with E-state index in [0.29, 0.717) is 13.2 Å². The second-order valence-corrected chi connectivity index (χ2v) is 7.60. The maximum Gasteiger partial charge on any atom is 0.243 e. The lowest BCUT2D eigenvalue weighted by Gasteiger charge is -2.20. The monoisotopic (exact) mass is 370 g/mol. The highest BCUT2D eigenvalue weighted by atomic mass is 32.1. The van der Waals surface area contributed by atoms with E-state index in [1.54, 1.807) is 4.68 Å². The van der Waals surface area contributed by atoms with Crippen LogP contribution in [0.3, 0.4) is 0 Å². The van der Waals surface area contributed by atoms with E-state index in [1.165, 1.54) is 21.8 Å². The SMILES string of the molecule is Cn1cc(CN2CCCc3sc(CC(F)F)cc3CCOCC2)nn1. The summed E-state index contributed by atoms with van der Waals surface area (Å²) in [6, 6.07) is 1.95. The van der Waals surface area contributed by atoms with E-state index in [4.69, 9.17) is 4.74 Å². The average molecular weight is 370 g/mol. The third-order valence-electron chi connectivity index (χ3n) is 4.28. The van der Waals surface area contributed by atoms with Crippen LogP contribution in [0.25, 0.3) is 0 Å². The van der Waals surface area contributed by atoms with E-state index in [0.717, 1.165) is 49.5 Å². The highest BCUT2D eigenvalue weighted by molar-refractivity contribution is 7.12. The van der Waals surface area contributed by atoms with Crippen molar-refractivity contribution < 1.29 is 13.5 Å². The second kappa shape index (κ2) is 8.82. The highest BCUT2D eigenvalue weighted by Crippen LogP contribution is 2.27. The minimum absolute atomic E-state index is 0.142. The largest absolute Gasteiger partial charge is 0.380 e. The Kier molecular flexibility index (Phi) is 6.50. The first-order chi connectivity index (χ1) is 12.1. The van der Waals surface area contributed by atoms with Crippen LogP contribution >= 0.6 is 11.3 Å². The van der Waals surface area contributed by atoms with Gasteiger partial charge < -0.3 is 4.74 Å². The van der Waals surface area contributed by atoms with E-state index in [9.17, 15) is 8.78 Å². The molecule has 0 aromatic carbocycles. The third kappa shape index (κ3) is 5.55. The number of hydrogen-bond donors (Lipinski definition) is 0. The van der Waals surface area contributed by atoms with Gasteiger partial charge in [0.15, 0.2) is 0 Å². The van der Waals surface area contributed by atoms with Gasteiger partial charge in [-0.3, -0.25) is 9.58 Å². The van der Waals surface area contributed by atoms with Gasteiger partial charge in [-0.2, -0.15) is 0 Å². The fourth-order valence-electron chi connectivity index (χ4n) is 3.11. The molecule has 2 aromatic rings. The molecule has 0 saturated heterocycles. The molecule has 0 radical (unpaired) electrons. The quantitative estimate of drug-likeness (QED) is 0.830. The number of alkyl halides is 2. The van der Waals surface area contributed by atoms with Gasteiger partial charge in [0.1, 0.15) is 0 Å². The Balaban J connectivity index is 1.63. The number of aromatic nitrogens is 3. The lowest BCUT2D eigenvalue weighted by molar-refractivity contribution is 0.103. The van der Waals surface area contributed by atoms with Crippen LogP contribution in [0.2, 0.25) is 0 Å². The van der Waals surface area contributed by atoms with Gasteiger partial charge in [0.2, 0.25) is 6.43 Å². The molecule has 2 aromatic heterocycles. The van der Waals surface area contributed by atoms with E-state index in [-0.39, 0.29) is 6.42 Å². The molecule has 0 amide bonds. The van der Waals surface area contributed by atoms with Crippen LogP contribution < -0.4 is 0 Å². The minimum Gasteiger partial charge on any atom is -0.380 e. The van der Waals surface area contributed by atoms with E-state index in [1.807, 2.05) is 19.3 Å². The van der Waals surface area contributed by atoms with Crippen LogP contribution in [0.5, 0.6) is 0 Å². The first-order valence-electron chi connectivity index (χ1n) is 8.64. The summed E-state index contributed by atoms with van der Waals surface area (Å²) in [5.74, 6) is 0. The summed E-state index contributed by atoms with van der Waals surface area (Å²) in [6.45, 7) is 3.86. The molecule has 3 rings (SSSR count). The zero-order valence-corrected chi connectivity index (χ0v) is 15.3. The summed E-state index contributed by atoms with van der Waals surface area (Å²) in [5.41, 5.74) is 2.14. The molecule has 3 heterocycles. The van der Waals surface area contributed by atoms with Gasteiger partial charge in [0, 0.05) is 42.5 Å². The first kappa shape index (κ1) is 18.4. The zero-order chi connectivity index (χ0) is 17.6. The van der Waals surface area contributed by atoms with Crippen molar-refractivity contribution in [1.29, 1.82) is 0 Å². The molecule has 0 bridgehead atoms. The topological polar surface area (TPSA) is 43.2 Å². The Morgan fingerprint density at radius 1 is 1.28 bits per heavy atom. The van der Waals surface area contributed by atoms with Crippen molar-refractivity contribution in [2.75, 3.05) is 26.3 Å². The predicted octanol–water partition coefficient (Wildman–Crippen LogP) is 2.69. The van der Waals surface area contributed by atoms with Crippen LogP contribution in [0, 0.1) is 0 Å². The molecular formula is C17H24F2N4OS. The molecule has 0 fully saturated rings. The van der Waals surface area contributed by atoms with Crippen molar-refractivity contribution in [1.82, 2.24) is 19.9 Å². The number of fused-ring (bicyclic) bond motifs is 1. The van der Waals surface area contributed by atoms with Crippen molar-refractivity contribution in [3.63, 3.8) is 0 Å². The van der Waals surface area contributed by atoms with Crippen molar-refractivity contribution in [3.05, 3.63) is 33.3 Å². The summed E-state index contributed by atoms with van der Waals surface area (Å²) in [6.07, 6.45) is 2.25. The lowest BCUT2D eigenvalue weighted by Crippen LogP contribution is -2.28. The maximum atomic E-state index is 12.7. The Morgan fingerprint density at radius 3 is 2.92 bits per heavy atom. The molecule has 0 unspecified atom stereocenters. The molecule has 0 aliphatic carbocycles. The van der Waals surface area contributed by atoms with Gasteiger partial charge in [-0.05, 0) is 37.4 Å². The van der Waals surface area contributed by atoms with Gasteiger partial charge in [0.25, 0.3) is 0 Å². The fraction of sp³-hybridized carbons (Fsp3) is 0.647. The maximum absolute atomic E-state index is 12.7. The van der Waals surface area contributed by atoms with Crippen LogP contribution in [0.4, 0.5) is 8.78 Å². The molecule has 8 heteroatoms. The van der Waals surface area contributed by atoms with Crippen molar-refractivity contribution in [3.8, 4) is 0 Å². The van der Waals surface area contributed by atoms with E-state index in [2.05, 4.69) is 15.2 Å². The number of thiophene rings is 1. The van der Waals surface area contributed by atoms with Crippen molar-refractivity contribution in [2.45, 2.75) is 38.7 Å². The van der Waals surface area contributed by atoms with E-state index >= 15 is 0 Å². The molecule has 25 heavy (non-hydrogen) atoms. The standard InChI is InChI=1S/C17H24F2N4OS/c1-22-11-14(20-21-22)12-23-5-2-3-16-13(4-7-24-8-6-23)9-15(25-16)10-17(18)19/h9,11,17H,2-8,10,12H2,1H3. The van der Waals surface area contributed by atoms with Crippen LogP contribution in [-0.2, 0) is 37.6 Å². The number of aryl methyl sites for hydroxylation is 2. The number of rotatable bonds is 4. The number of nitrogens with zero attached hydrogens (tertiary/aromatic N) is 4. The molecule has 0 saturated carbocycles. The average Bonchev–Trinajstić information content (AvgIpc) is 3.11. The van der Waals surface area contributed by atoms with Gasteiger partial charge in [-0.1, -0.05) is 5.21 Å². The predicted molar refractivity (Wildman–Crippen MR) is 93.2 cm³/mol. The molecule has 138 valence electrons. The Bertz CT molecular complexity index is 673. The molecule has 1 aliphatic rings. The molecule has 5 nitrogen and oxygen atoms in total. The smallest absolute Gasteiger partial charge is 0.243 e. The minimum atomic E-state index is -2.28. The third-order valence-corrected chi connectivity index (χ3v) is 5.54. The summed E-state index contributed by atoms with van der Waals surface area (Å²) in [7, 11) is 1.86. The number of hydrogen-bond acceptors (Lipinski definition) is 5. The summed E-state index contributed by atoms with van der Waals surface area (Å²) < 4.78 is 32.8. The van der Waals surface area contributed by atoms with Gasteiger partial charge in [0.05, 0.1) is 18.9 Å². The van der Waals surface area contributed by atoms with Crippen molar-refractivity contribution >= 4 is 11.3 Å². The number of halogens is 2. The zero-order valence-electron chi connectivity index (χ0n) is 14.5. The Morgan fingerprint density at radius 2 is 2.16 bits per heavy atom. The second-order valence-electron chi connectivity index (χ2n) is 6.38. The van der Waals surface area contributed by atoms with Crippen molar-refractivity contribution in [2.24, 2.45) is 7.05 Å². The highest BCUT2D eigenvalue weighted by Gasteiger charge is 2.15. The fourth-order valence-corrected chi connectivity index (χ4v) is 4.38.